The van der Waals surface area contributed by atoms with Crippen molar-refractivity contribution < 1.29 is 33.2 Å². The van der Waals surface area contributed by atoms with E-state index in [4.69, 9.17) is 4.42 Å². The van der Waals surface area contributed by atoms with E-state index in [1.165, 1.54) is 12.1 Å². The zero-order valence-electron chi connectivity index (χ0n) is 28.7. The molecular formula is C44H28N2O6PS2+. The molecule has 3 aromatic heterocycles. The molecule has 0 fully saturated rings. The Balaban J connectivity index is 1.40. The van der Waals surface area contributed by atoms with Crippen LogP contribution in [0.2, 0.25) is 0 Å². The van der Waals surface area contributed by atoms with Gasteiger partial charge in [0, 0.05) is 46.3 Å². The van der Waals surface area contributed by atoms with Crippen molar-refractivity contribution in [1.29, 1.82) is 0 Å². The van der Waals surface area contributed by atoms with E-state index in [9.17, 15) is 24.3 Å². The van der Waals surface area contributed by atoms with Gasteiger partial charge in [-0.15, -0.1) is 22.7 Å². The Kier molecular flexibility index (Phi) is 7.74. The number of para-hydroxylation sites is 4. The average molecular weight is 776 g/mol. The van der Waals surface area contributed by atoms with Crippen LogP contribution in [0.4, 0.5) is 0 Å². The molecule has 0 amide bonds. The predicted octanol–water partition coefficient (Wildman–Crippen LogP) is 10.7. The van der Waals surface area contributed by atoms with Crippen LogP contribution in [0.1, 0.15) is 10.4 Å². The molecule has 0 aliphatic carbocycles. The minimum atomic E-state index is -4.76. The van der Waals surface area contributed by atoms with E-state index in [2.05, 4.69) is 57.7 Å². The van der Waals surface area contributed by atoms with Crippen molar-refractivity contribution in [3.8, 4) is 22.5 Å². The first kappa shape index (κ1) is 33.4. The van der Waals surface area contributed by atoms with Crippen molar-refractivity contribution in [3.63, 3.8) is 0 Å². The minimum Gasteiger partial charge on any atom is -0.478 e. The molecule has 0 saturated carbocycles. The van der Waals surface area contributed by atoms with Crippen LogP contribution < -0.4 is 9.87 Å². The van der Waals surface area contributed by atoms with Crippen molar-refractivity contribution in [3.05, 3.63) is 157 Å². The number of carboxylic acid groups (broad SMARTS) is 1. The SMILES string of the molecule is O=C(O)c1cc(P(=O)(O)O)ccc1-c1c2cc3sc4ccccc4n(-c4ccccc4)c3cc2oc2cc3c(cc12)sc1ccccc1[n+]3-c1ccccc1. The lowest BCUT2D eigenvalue weighted by atomic mass is 9.93. The summed E-state index contributed by atoms with van der Waals surface area (Å²) in [6.45, 7) is 0. The minimum absolute atomic E-state index is 0.224. The molecule has 0 spiro atoms. The molecule has 10 rings (SSSR count). The summed E-state index contributed by atoms with van der Waals surface area (Å²) in [6.07, 6.45) is 0. The Morgan fingerprint density at radius 1 is 0.618 bits per heavy atom. The van der Waals surface area contributed by atoms with Crippen molar-refractivity contribution >= 4 is 104 Å². The Labute approximate surface area is 320 Å². The van der Waals surface area contributed by atoms with E-state index in [0.29, 0.717) is 33.1 Å². The molecule has 0 unspecified atom stereocenters. The number of nitrogens with zero attached hydrogens (tertiary/aromatic N) is 2. The molecule has 55 heavy (non-hydrogen) atoms. The third kappa shape index (κ3) is 5.54. The highest BCUT2D eigenvalue weighted by Crippen LogP contribution is 2.44. The van der Waals surface area contributed by atoms with Crippen LogP contribution in [0.25, 0.3) is 85.3 Å². The summed E-state index contributed by atoms with van der Waals surface area (Å²) >= 11 is 3.24. The highest BCUT2D eigenvalue weighted by molar-refractivity contribution is 7.60. The molecule has 0 aliphatic heterocycles. The molecule has 0 radical (unpaired) electrons. The summed E-state index contributed by atoms with van der Waals surface area (Å²) in [4.78, 5) is 33.1. The predicted molar refractivity (Wildman–Crippen MR) is 222 cm³/mol. The summed E-state index contributed by atoms with van der Waals surface area (Å²) in [7, 11) is -4.76. The largest absolute Gasteiger partial charge is 0.478 e. The standard InChI is InChI=1S/C44H27N2O6PS2/c47-44(48)30-21-28(53(49,50)51)19-20-29(30)43-31-22-41-35(45(26-11-3-1-4-12-26)33-15-7-9-17-39(33)54-41)24-37(31)52-38-25-36-42(23-32(38)43)55-40-18-10-8-16-34(40)46(36)27-13-5-2-6-14-27/h1-25H,(H2-,47,48,49,50,51)/p+1. The van der Waals surface area contributed by atoms with E-state index in [0.717, 1.165) is 58.3 Å². The topological polar surface area (TPSA) is 117 Å². The number of benzene rings is 7. The zero-order chi connectivity index (χ0) is 37.4. The number of aromatic carboxylic acids is 1. The summed E-state index contributed by atoms with van der Waals surface area (Å²) in [6, 6.07) is 48.6. The summed E-state index contributed by atoms with van der Waals surface area (Å²) in [5.41, 5.74) is 7.53. The van der Waals surface area contributed by atoms with E-state index < -0.39 is 13.6 Å². The third-order valence-electron chi connectivity index (χ3n) is 9.88. The Hall–Kier alpha value is -6.13. The van der Waals surface area contributed by atoms with E-state index >= 15 is 0 Å². The number of hydrogen-bond acceptors (Lipinski definition) is 5. The molecule has 3 heterocycles. The Morgan fingerprint density at radius 3 is 2.00 bits per heavy atom. The van der Waals surface area contributed by atoms with Crippen LogP contribution in [-0.4, -0.2) is 25.4 Å². The lowest BCUT2D eigenvalue weighted by Gasteiger charge is -2.18. The molecule has 3 N–H and O–H groups in total. The van der Waals surface area contributed by atoms with Crippen LogP contribution in [0.15, 0.2) is 156 Å². The van der Waals surface area contributed by atoms with Gasteiger partial charge in [0.2, 0.25) is 16.7 Å². The first-order chi connectivity index (χ1) is 26.7. The highest BCUT2D eigenvalue weighted by Gasteiger charge is 2.27. The number of carbonyl (C=O) groups is 1. The molecule has 7 aromatic carbocycles. The number of rotatable bonds is 5. The van der Waals surface area contributed by atoms with Gasteiger partial charge in [0.25, 0.3) is 0 Å². The van der Waals surface area contributed by atoms with E-state index in [1.807, 2.05) is 84.9 Å². The normalized spacial score (nSPS) is 12.0. The number of fused-ring (bicyclic) bond motifs is 6. The number of hydrogen-bond donors (Lipinski definition) is 3. The van der Waals surface area contributed by atoms with Gasteiger partial charge >= 0.3 is 13.6 Å². The Bertz CT molecular complexity index is 3130. The molecule has 0 aliphatic rings. The van der Waals surface area contributed by atoms with Gasteiger partial charge in [-0.2, -0.15) is 4.57 Å². The summed E-state index contributed by atoms with van der Waals surface area (Å²) in [5, 5.41) is 11.6. The number of carboxylic acids is 1. The van der Waals surface area contributed by atoms with Crippen LogP contribution in [0.5, 0.6) is 0 Å². The molecule has 11 heteroatoms. The fraction of sp³-hybridized carbons (Fsp3) is 0. The molecule has 0 saturated heterocycles. The molecule has 8 nitrogen and oxygen atoms in total. The maximum Gasteiger partial charge on any atom is 0.356 e. The van der Waals surface area contributed by atoms with Gasteiger partial charge in [0.1, 0.15) is 15.9 Å². The second kappa shape index (κ2) is 12.7. The molecule has 266 valence electrons. The van der Waals surface area contributed by atoms with Crippen LogP contribution in [0, 0.1) is 0 Å². The van der Waals surface area contributed by atoms with Gasteiger partial charge in [-0.25, -0.2) is 4.79 Å². The average Bonchev–Trinajstić information content (AvgIpc) is 3.20. The lowest BCUT2D eigenvalue weighted by Crippen LogP contribution is -2.32. The molecular weight excluding hydrogens is 748 g/mol. The quantitative estimate of drug-likeness (QED) is 0.0910. The molecule has 0 bridgehead atoms. The van der Waals surface area contributed by atoms with Crippen molar-refractivity contribution in [1.82, 2.24) is 4.57 Å². The zero-order valence-corrected chi connectivity index (χ0v) is 31.2. The maximum atomic E-state index is 13.0. The first-order valence-corrected chi connectivity index (χ1v) is 20.6. The van der Waals surface area contributed by atoms with Gasteiger partial charge in [0.15, 0.2) is 0 Å². The van der Waals surface area contributed by atoms with Gasteiger partial charge in [-0.3, -0.25) is 4.57 Å². The monoisotopic (exact) mass is 775 g/mol. The van der Waals surface area contributed by atoms with E-state index in [-0.39, 0.29) is 10.9 Å². The van der Waals surface area contributed by atoms with Crippen molar-refractivity contribution in [2.75, 3.05) is 0 Å². The van der Waals surface area contributed by atoms with E-state index in [1.54, 1.807) is 22.7 Å². The van der Waals surface area contributed by atoms with Crippen molar-refractivity contribution in [2.45, 2.75) is 0 Å². The van der Waals surface area contributed by atoms with Gasteiger partial charge < -0.3 is 23.9 Å². The van der Waals surface area contributed by atoms with Gasteiger partial charge in [-0.05, 0) is 60.2 Å². The van der Waals surface area contributed by atoms with Gasteiger partial charge in [0.05, 0.1) is 42.1 Å². The fourth-order valence-corrected chi connectivity index (χ4v) is 10.2. The van der Waals surface area contributed by atoms with Crippen LogP contribution >= 0.6 is 30.3 Å². The van der Waals surface area contributed by atoms with Crippen molar-refractivity contribution in [2.24, 2.45) is 0 Å². The molecule has 10 aromatic rings. The maximum absolute atomic E-state index is 13.0. The second-order valence-corrected chi connectivity index (χ2v) is 16.9. The van der Waals surface area contributed by atoms with Crippen LogP contribution in [0.3, 0.4) is 0 Å². The molecule has 0 atom stereocenters. The second-order valence-electron chi connectivity index (χ2n) is 13.2. The summed E-state index contributed by atoms with van der Waals surface area (Å²) in [5.74, 6) is -1.31. The third-order valence-corrected chi connectivity index (χ3v) is 13.1. The first-order valence-electron chi connectivity index (χ1n) is 17.3. The van der Waals surface area contributed by atoms with Crippen LogP contribution in [-0.2, 0) is 4.57 Å². The number of aromatic nitrogens is 2. The Morgan fingerprint density at radius 2 is 1.25 bits per heavy atom. The van der Waals surface area contributed by atoms with Gasteiger partial charge in [-0.1, -0.05) is 66.7 Å². The highest BCUT2D eigenvalue weighted by atomic mass is 32.1. The smallest absolute Gasteiger partial charge is 0.356 e. The fourth-order valence-electron chi connectivity index (χ4n) is 7.50. The summed E-state index contributed by atoms with van der Waals surface area (Å²) < 4.78 is 27.7. The lowest BCUT2D eigenvalue weighted by molar-refractivity contribution is -0.537.